The molecule has 0 unspecified atom stereocenters. The highest BCUT2D eigenvalue weighted by molar-refractivity contribution is 5.28. The first kappa shape index (κ1) is 12.1. The second kappa shape index (κ2) is 6.49. The number of nitrogen functional groups attached to an aromatic ring is 1. The van der Waals surface area contributed by atoms with E-state index >= 15 is 0 Å². The van der Waals surface area contributed by atoms with Gasteiger partial charge in [-0.15, -0.1) is 0 Å². The Morgan fingerprint density at radius 2 is 1.87 bits per heavy atom. The molecule has 0 amide bonds. The third-order valence-corrected chi connectivity index (χ3v) is 2.72. The number of nitrogens with zero attached hydrogens (tertiary/aromatic N) is 2. The van der Waals surface area contributed by atoms with E-state index in [0.717, 1.165) is 6.54 Å². The van der Waals surface area contributed by atoms with Crippen molar-refractivity contribution < 1.29 is 0 Å². The predicted octanol–water partition coefficient (Wildman–Crippen LogP) is 3.13. The Morgan fingerprint density at radius 1 is 1.20 bits per heavy atom. The van der Waals surface area contributed by atoms with Crippen molar-refractivity contribution in [3.8, 4) is 0 Å². The second-order valence-corrected chi connectivity index (χ2v) is 4.20. The number of hydrogen-bond donors (Lipinski definition) is 1. The van der Waals surface area contributed by atoms with E-state index in [2.05, 4.69) is 18.9 Å². The van der Waals surface area contributed by atoms with Crippen molar-refractivity contribution in [3.63, 3.8) is 0 Å². The highest BCUT2D eigenvalue weighted by Crippen LogP contribution is 2.09. The Morgan fingerprint density at radius 3 is 2.47 bits per heavy atom. The number of anilines is 1. The Bertz CT molecular complexity index is 278. The summed E-state index contributed by atoms with van der Waals surface area (Å²) < 4.78 is 2.01. The minimum absolute atomic E-state index is 0.637. The molecular formula is C12H23N3. The van der Waals surface area contributed by atoms with Crippen molar-refractivity contribution >= 4 is 5.82 Å². The van der Waals surface area contributed by atoms with Crippen molar-refractivity contribution in [2.45, 2.75) is 58.9 Å². The van der Waals surface area contributed by atoms with E-state index in [0.29, 0.717) is 5.82 Å². The molecule has 0 atom stereocenters. The summed E-state index contributed by atoms with van der Waals surface area (Å²) in [6.07, 6.45) is 7.92. The smallest absolute Gasteiger partial charge is 0.145 e. The van der Waals surface area contributed by atoms with Gasteiger partial charge in [0.05, 0.1) is 0 Å². The first-order valence-electron chi connectivity index (χ1n) is 6.04. The number of nitrogens with two attached hydrogens (primary N) is 1. The largest absolute Gasteiger partial charge is 0.382 e. The summed E-state index contributed by atoms with van der Waals surface area (Å²) in [4.78, 5) is 0. The fourth-order valence-electron chi connectivity index (χ4n) is 1.80. The van der Waals surface area contributed by atoms with Crippen molar-refractivity contribution in [2.75, 3.05) is 5.73 Å². The molecule has 0 bridgehead atoms. The van der Waals surface area contributed by atoms with Gasteiger partial charge in [-0.1, -0.05) is 39.0 Å². The predicted molar refractivity (Wildman–Crippen MR) is 64.8 cm³/mol. The SMILES string of the molecule is CCCCCCCCn1nc(N)cc1C. The average Bonchev–Trinajstić information content (AvgIpc) is 2.51. The molecule has 0 aliphatic rings. The first-order chi connectivity index (χ1) is 7.24. The zero-order chi connectivity index (χ0) is 11.1. The summed E-state index contributed by atoms with van der Waals surface area (Å²) in [5.41, 5.74) is 6.79. The minimum Gasteiger partial charge on any atom is -0.382 e. The Kier molecular flexibility index (Phi) is 5.22. The van der Waals surface area contributed by atoms with Crippen LogP contribution in [0.4, 0.5) is 5.82 Å². The number of unbranched alkanes of at least 4 members (excludes halogenated alkanes) is 5. The van der Waals surface area contributed by atoms with Crippen molar-refractivity contribution in [1.29, 1.82) is 0 Å². The van der Waals surface area contributed by atoms with Gasteiger partial charge in [0.2, 0.25) is 0 Å². The van der Waals surface area contributed by atoms with Crippen LogP contribution in [-0.2, 0) is 6.54 Å². The fraction of sp³-hybridized carbons (Fsp3) is 0.750. The van der Waals surface area contributed by atoms with Crippen LogP contribution in [0.3, 0.4) is 0 Å². The van der Waals surface area contributed by atoms with Crippen LogP contribution in [0, 0.1) is 6.92 Å². The zero-order valence-electron chi connectivity index (χ0n) is 10.00. The number of hydrogen-bond acceptors (Lipinski definition) is 2. The van der Waals surface area contributed by atoms with Gasteiger partial charge < -0.3 is 5.73 Å². The first-order valence-corrected chi connectivity index (χ1v) is 6.04. The molecule has 0 saturated heterocycles. The highest BCUT2D eigenvalue weighted by Gasteiger charge is 2.00. The van der Waals surface area contributed by atoms with Gasteiger partial charge in [-0.3, -0.25) is 4.68 Å². The van der Waals surface area contributed by atoms with Gasteiger partial charge in [0.25, 0.3) is 0 Å². The molecular weight excluding hydrogens is 186 g/mol. The normalized spacial score (nSPS) is 10.8. The molecule has 0 spiro atoms. The third kappa shape index (κ3) is 4.36. The van der Waals surface area contributed by atoms with Gasteiger partial charge in [-0.05, 0) is 13.3 Å². The molecule has 3 nitrogen and oxygen atoms in total. The molecule has 3 heteroatoms. The summed E-state index contributed by atoms with van der Waals surface area (Å²) in [5, 5.41) is 4.24. The Labute approximate surface area is 92.7 Å². The molecule has 1 aromatic heterocycles. The van der Waals surface area contributed by atoms with Gasteiger partial charge in [0.15, 0.2) is 0 Å². The molecule has 0 aliphatic heterocycles. The standard InChI is InChI=1S/C12H23N3/c1-3-4-5-6-7-8-9-15-11(2)10-12(13)14-15/h10H,3-9H2,1-2H3,(H2,13,14). The van der Waals surface area contributed by atoms with Gasteiger partial charge in [-0.25, -0.2) is 0 Å². The zero-order valence-corrected chi connectivity index (χ0v) is 10.00. The summed E-state index contributed by atoms with van der Waals surface area (Å²) >= 11 is 0. The van der Waals surface area contributed by atoms with Crippen LogP contribution in [0.2, 0.25) is 0 Å². The lowest BCUT2D eigenvalue weighted by molar-refractivity contribution is 0.521. The molecule has 0 radical (unpaired) electrons. The maximum atomic E-state index is 5.62. The van der Waals surface area contributed by atoms with E-state index in [-0.39, 0.29) is 0 Å². The van der Waals surface area contributed by atoms with Crippen LogP contribution in [0.5, 0.6) is 0 Å². The van der Waals surface area contributed by atoms with E-state index < -0.39 is 0 Å². The summed E-state index contributed by atoms with van der Waals surface area (Å²) in [5.74, 6) is 0.637. The number of aromatic nitrogens is 2. The molecule has 1 aromatic rings. The lowest BCUT2D eigenvalue weighted by Gasteiger charge is -2.03. The molecule has 0 fully saturated rings. The molecule has 0 aliphatic carbocycles. The van der Waals surface area contributed by atoms with Crippen molar-refractivity contribution in [2.24, 2.45) is 0 Å². The molecule has 1 rings (SSSR count). The van der Waals surface area contributed by atoms with Crippen LogP contribution >= 0.6 is 0 Å². The molecule has 1 heterocycles. The molecule has 86 valence electrons. The molecule has 15 heavy (non-hydrogen) atoms. The Hall–Kier alpha value is -0.990. The Balaban J connectivity index is 2.12. The number of aryl methyl sites for hydroxylation is 2. The quantitative estimate of drug-likeness (QED) is 0.701. The number of rotatable bonds is 7. The van der Waals surface area contributed by atoms with Gasteiger partial charge >= 0.3 is 0 Å². The second-order valence-electron chi connectivity index (χ2n) is 4.20. The fourth-order valence-corrected chi connectivity index (χ4v) is 1.80. The monoisotopic (exact) mass is 209 g/mol. The summed E-state index contributed by atoms with van der Waals surface area (Å²) in [6.45, 7) is 5.31. The summed E-state index contributed by atoms with van der Waals surface area (Å²) in [6, 6.07) is 1.93. The molecule has 2 N–H and O–H groups in total. The van der Waals surface area contributed by atoms with Gasteiger partial charge in [-0.2, -0.15) is 5.10 Å². The van der Waals surface area contributed by atoms with E-state index in [1.54, 1.807) is 0 Å². The lowest BCUT2D eigenvalue weighted by Crippen LogP contribution is -2.02. The van der Waals surface area contributed by atoms with Gasteiger partial charge in [0.1, 0.15) is 5.82 Å². The topological polar surface area (TPSA) is 43.8 Å². The molecule has 0 aromatic carbocycles. The highest BCUT2D eigenvalue weighted by atomic mass is 15.3. The van der Waals surface area contributed by atoms with E-state index in [4.69, 9.17) is 5.73 Å². The van der Waals surface area contributed by atoms with E-state index in [9.17, 15) is 0 Å². The lowest BCUT2D eigenvalue weighted by atomic mass is 10.1. The van der Waals surface area contributed by atoms with Crippen LogP contribution in [0.1, 0.15) is 51.1 Å². The third-order valence-electron chi connectivity index (χ3n) is 2.72. The van der Waals surface area contributed by atoms with Crippen LogP contribution in [0.15, 0.2) is 6.07 Å². The van der Waals surface area contributed by atoms with Crippen molar-refractivity contribution in [3.05, 3.63) is 11.8 Å². The van der Waals surface area contributed by atoms with Crippen molar-refractivity contribution in [1.82, 2.24) is 9.78 Å². The van der Waals surface area contributed by atoms with Gasteiger partial charge in [0, 0.05) is 18.3 Å². The maximum Gasteiger partial charge on any atom is 0.145 e. The summed E-state index contributed by atoms with van der Waals surface area (Å²) in [7, 11) is 0. The van der Waals surface area contributed by atoms with Crippen LogP contribution in [-0.4, -0.2) is 9.78 Å². The minimum atomic E-state index is 0.637. The van der Waals surface area contributed by atoms with E-state index in [1.807, 2.05) is 10.7 Å². The maximum absolute atomic E-state index is 5.62. The average molecular weight is 209 g/mol. The molecule has 0 saturated carbocycles. The van der Waals surface area contributed by atoms with Crippen LogP contribution in [0.25, 0.3) is 0 Å². The van der Waals surface area contributed by atoms with E-state index in [1.165, 1.54) is 44.2 Å². The van der Waals surface area contributed by atoms with Crippen LogP contribution < -0.4 is 5.73 Å².